The minimum atomic E-state index is 0.00387. The summed E-state index contributed by atoms with van der Waals surface area (Å²) >= 11 is 3.46. The average Bonchev–Trinajstić information content (AvgIpc) is 2.29. The van der Waals surface area contributed by atoms with E-state index in [-0.39, 0.29) is 11.9 Å². The molecule has 0 saturated heterocycles. The molecule has 1 aromatic rings. The molecule has 0 fully saturated rings. The van der Waals surface area contributed by atoms with E-state index < -0.39 is 0 Å². The van der Waals surface area contributed by atoms with E-state index in [0.29, 0.717) is 5.56 Å². The molecule has 1 atom stereocenters. The zero-order chi connectivity index (χ0) is 12.8. The molecule has 94 valence electrons. The van der Waals surface area contributed by atoms with Crippen LogP contribution in [0.4, 0.5) is 0 Å². The highest BCUT2D eigenvalue weighted by Crippen LogP contribution is 2.21. The fourth-order valence-electron chi connectivity index (χ4n) is 1.71. The number of carbonyl (C=O) groups is 1. The monoisotopic (exact) mass is 297 g/mol. The molecule has 2 nitrogen and oxygen atoms in total. The van der Waals surface area contributed by atoms with Crippen molar-refractivity contribution in [1.82, 2.24) is 5.32 Å². The van der Waals surface area contributed by atoms with Crippen LogP contribution in [0.15, 0.2) is 22.7 Å². The van der Waals surface area contributed by atoms with E-state index in [1.807, 2.05) is 25.1 Å². The van der Waals surface area contributed by atoms with Gasteiger partial charge in [0.05, 0.1) is 5.56 Å². The molecule has 0 bridgehead atoms. The van der Waals surface area contributed by atoms with Crippen LogP contribution in [0, 0.1) is 6.92 Å². The second kappa shape index (κ2) is 6.80. The second-order valence-corrected chi connectivity index (χ2v) is 5.25. The largest absolute Gasteiger partial charge is 0.350 e. The van der Waals surface area contributed by atoms with Crippen LogP contribution in [0.3, 0.4) is 0 Å². The maximum Gasteiger partial charge on any atom is 0.252 e. The number of benzene rings is 1. The highest BCUT2D eigenvalue weighted by atomic mass is 79.9. The lowest BCUT2D eigenvalue weighted by molar-refractivity contribution is 0.0937. The van der Waals surface area contributed by atoms with Gasteiger partial charge in [0, 0.05) is 10.5 Å². The molecular formula is C14H20BrNO. The predicted octanol–water partition coefficient (Wildman–Crippen LogP) is 4.07. The van der Waals surface area contributed by atoms with Gasteiger partial charge in [-0.25, -0.2) is 0 Å². The second-order valence-electron chi connectivity index (χ2n) is 4.45. The number of carbonyl (C=O) groups excluding carboxylic acids is 1. The Balaban J connectivity index is 2.67. The lowest BCUT2D eigenvalue weighted by atomic mass is 10.1. The van der Waals surface area contributed by atoms with Crippen molar-refractivity contribution >= 4 is 21.8 Å². The van der Waals surface area contributed by atoms with Gasteiger partial charge in [0.2, 0.25) is 0 Å². The van der Waals surface area contributed by atoms with Crippen LogP contribution in [-0.4, -0.2) is 11.9 Å². The quantitative estimate of drug-likeness (QED) is 0.872. The normalized spacial score (nSPS) is 12.2. The van der Waals surface area contributed by atoms with E-state index in [9.17, 15) is 4.79 Å². The summed E-state index contributed by atoms with van der Waals surface area (Å²) in [6.07, 6.45) is 3.34. The Kier molecular flexibility index (Phi) is 5.69. The summed E-state index contributed by atoms with van der Waals surface area (Å²) in [6, 6.07) is 5.97. The molecule has 1 N–H and O–H groups in total. The first kappa shape index (κ1) is 14.2. The Labute approximate surface area is 112 Å². The van der Waals surface area contributed by atoms with E-state index in [1.165, 1.54) is 0 Å². The zero-order valence-corrected chi connectivity index (χ0v) is 12.3. The van der Waals surface area contributed by atoms with E-state index in [1.54, 1.807) is 0 Å². The molecule has 0 aromatic heterocycles. The van der Waals surface area contributed by atoms with Gasteiger partial charge in [0.1, 0.15) is 0 Å². The minimum Gasteiger partial charge on any atom is -0.350 e. The SMILES string of the molecule is CCCCC(C)NC(=O)c1cccc(C)c1Br. The summed E-state index contributed by atoms with van der Waals surface area (Å²) in [5, 5.41) is 3.03. The van der Waals surface area contributed by atoms with Crippen molar-refractivity contribution in [2.24, 2.45) is 0 Å². The first-order valence-corrected chi connectivity index (χ1v) is 6.91. The summed E-state index contributed by atoms with van der Waals surface area (Å²) in [4.78, 5) is 12.1. The van der Waals surface area contributed by atoms with Gasteiger partial charge in [-0.3, -0.25) is 4.79 Å². The molecule has 0 heterocycles. The third kappa shape index (κ3) is 4.15. The smallest absolute Gasteiger partial charge is 0.252 e. The Morgan fingerprint density at radius 1 is 1.47 bits per heavy atom. The van der Waals surface area contributed by atoms with Crippen molar-refractivity contribution in [2.75, 3.05) is 0 Å². The van der Waals surface area contributed by atoms with Crippen LogP contribution in [0.1, 0.15) is 49.0 Å². The molecule has 1 rings (SSSR count). The lowest BCUT2D eigenvalue weighted by Crippen LogP contribution is -2.32. The first-order valence-electron chi connectivity index (χ1n) is 6.12. The van der Waals surface area contributed by atoms with Crippen LogP contribution in [0.2, 0.25) is 0 Å². The van der Waals surface area contributed by atoms with Crippen LogP contribution in [0.5, 0.6) is 0 Å². The summed E-state index contributed by atoms with van der Waals surface area (Å²) in [5.41, 5.74) is 1.80. The number of unbranched alkanes of at least 4 members (excludes halogenated alkanes) is 1. The van der Waals surface area contributed by atoms with Gasteiger partial charge < -0.3 is 5.32 Å². The molecule has 0 aliphatic heterocycles. The maximum atomic E-state index is 12.1. The van der Waals surface area contributed by atoms with Crippen molar-refractivity contribution in [3.63, 3.8) is 0 Å². The third-order valence-corrected chi connectivity index (χ3v) is 3.86. The number of aryl methyl sites for hydroxylation is 1. The highest BCUT2D eigenvalue weighted by Gasteiger charge is 2.13. The molecule has 0 aliphatic carbocycles. The molecule has 1 unspecified atom stereocenters. The van der Waals surface area contributed by atoms with Crippen LogP contribution in [-0.2, 0) is 0 Å². The molecule has 17 heavy (non-hydrogen) atoms. The van der Waals surface area contributed by atoms with Gasteiger partial charge >= 0.3 is 0 Å². The van der Waals surface area contributed by atoms with E-state index in [4.69, 9.17) is 0 Å². The number of rotatable bonds is 5. The molecular weight excluding hydrogens is 278 g/mol. The van der Waals surface area contributed by atoms with Crippen LogP contribution < -0.4 is 5.32 Å². The Hall–Kier alpha value is -0.830. The molecule has 0 aliphatic rings. The molecule has 0 spiro atoms. The van der Waals surface area contributed by atoms with Gasteiger partial charge in [-0.15, -0.1) is 0 Å². The summed E-state index contributed by atoms with van der Waals surface area (Å²) < 4.78 is 0.889. The number of halogens is 1. The van der Waals surface area contributed by atoms with Gasteiger partial charge in [0.25, 0.3) is 5.91 Å². The fraction of sp³-hybridized carbons (Fsp3) is 0.500. The molecule has 1 aromatic carbocycles. The topological polar surface area (TPSA) is 29.1 Å². The first-order chi connectivity index (χ1) is 8.06. The Bertz CT molecular complexity index is 390. The fourth-order valence-corrected chi connectivity index (χ4v) is 2.15. The summed E-state index contributed by atoms with van der Waals surface area (Å²) in [6.45, 7) is 6.20. The number of hydrogen-bond acceptors (Lipinski definition) is 1. The van der Waals surface area contributed by atoms with Crippen LogP contribution >= 0.6 is 15.9 Å². The van der Waals surface area contributed by atoms with Crippen molar-refractivity contribution in [3.8, 4) is 0 Å². The minimum absolute atomic E-state index is 0.00387. The number of hydrogen-bond donors (Lipinski definition) is 1. The molecule has 3 heteroatoms. The predicted molar refractivity (Wildman–Crippen MR) is 75.3 cm³/mol. The molecule has 0 radical (unpaired) electrons. The van der Waals surface area contributed by atoms with Gasteiger partial charge in [-0.05, 0) is 47.8 Å². The van der Waals surface area contributed by atoms with Crippen molar-refractivity contribution in [2.45, 2.75) is 46.1 Å². The van der Waals surface area contributed by atoms with Crippen molar-refractivity contribution in [1.29, 1.82) is 0 Å². The van der Waals surface area contributed by atoms with Gasteiger partial charge in [0.15, 0.2) is 0 Å². The summed E-state index contributed by atoms with van der Waals surface area (Å²) in [5.74, 6) is 0.00387. The molecule has 0 saturated carbocycles. The number of nitrogens with one attached hydrogen (secondary N) is 1. The Morgan fingerprint density at radius 3 is 2.82 bits per heavy atom. The lowest BCUT2D eigenvalue weighted by Gasteiger charge is -2.14. The zero-order valence-electron chi connectivity index (χ0n) is 10.7. The van der Waals surface area contributed by atoms with Gasteiger partial charge in [-0.2, -0.15) is 0 Å². The summed E-state index contributed by atoms with van der Waals surface area (Å²) in [7, 11) is 0. The maximum absolute atomic E-state index is 12.1. The highest BCUT2D eigenvalue weighted by molar-refractivity contribution is 9.10. The van der Waals surface area contributed by atoms with Gasteiger partial charge in [-0.1, -0.05) is 31.9 Å². The average molecular weight is 298 g/mol. The standard InChI is InChI=1S/C14H20BrNO/c1-4-5-8-11(3)16-14(17)12-9-6-7-10(2)13(12)15/h6-7,9,11H,4-5,8H2,1-3H3,(H,16,17). The van der Waals surface area contributed by atoms with Crippen molar-refractivity contribution in [3.05, 3.63) is 33.8 Å². The number of amides is 1. The van der Waals surface area contributed by atoms with E-state index in [0.717, 1.165) is 29.3 Å². The van der Waals surface area contributed by atoms with E-state index in [2.05, 4.69) is 35.1 Å². The third-order valence-electron chi connectivity index (χ3n) is 2.80. The van der Waals surface area contributed by atoms with Crippen molar-refractivity contribution < 1.29 is 4.79 Å². The Morgan fingerprint density at radius 2 is 2.18 bits per heavy atom. The van der Waals surface area contributed by atoms with E-state index >= 15 is 0 Å². The van der Waals surface area contributed by atoms with Crippen LogP contribution in [0.25, 0.3) is 0 Å². The molecule has 1 amide bonds.